The van der Waals surface area contributed by atoms with Gasteiger partial charge in [0.25, 0.3) is 12.9 Å². The summed E-state index contributed by atoms with van der Waals surface area (Å²) in [5, 5.41) is 9.25. The highest BCUT2D eigenvalue weighted by atomic mass is 79.9. The Morgan fingerprint density at radius 2 is 1.03 bits per heavy atom. The first-order valence-electron chi connectivity index (χ1n) is 9.23. The minimum absolute atomic E-state index is 0. The first-order valence-corrected chi connectivity index (χ1v) is 9.23. The highest BCUT2D eigenvalue weighted by Gasteiger charge is 2.19. The number of ether oxygens (including phenoxy) is 2. The van der Waals surface area contributed by atoms with Crippen LogP contribution < -0.4 is 44.2 Å². The van der Waals surface area contributed by atoms with Crippen LogP contribution in [0.1, 0.15) is 13.8 Å². The monoisotopic (exact) mass is 544 g/mol. The van der Waals surface area contributed by atoms with Crippen LogP contribution in [0.2, 0.25) is 0 Å². The van der Waals surface area contributed by atoms with E-state index in [4.69, 9.17) is 22.9 Å². The molecule has 0 aromatic heterocycles. The van der Waals surface area contributed by atoms with E-state index in [9.17, 15) is 28.8 Å². The van der Waals surface area contributed by atoms with Gasteiger partial charge in [-0.25, -0.2) is 0 Å². The first kappa shape index (κ1) is 34.7. The zero-order chi connectivity index (χ0) is 25.1. The van der Waals surface area contributed by atoms with Gasteiger partial charge in [0.15, 0.2) is 13.5 Å². The maximum atomic E-state index is 11.3. The topological polar surface area (TPSA) is 273 Å². The standard InChI is InChI=1S/2C8H16N4O4.BrH/c2*1-5(7(14)11-3-16-4-13)12-8(15)6(10)2-9;/h2*4-6H,2-3,9-10H2,1H3,(H,11,14)(H,12,15);1H. The smallest absolute Gasteiger partial charge is 0.294 e. The van der Waals surface area contributed by atoms with Crippen molar-refractivity contribution >= 4 is 53.6 Å². The average molecular weight is 545 g/mol. The van der Waals surface area contributed by atoms with Crippen LogP contribution in [0.4, 0.5) is 0 Å². The van der Waals surface area contributed by atoms with Crippen LogP contribution in [0.25, 0.3) is 0 Å². The number of nitrogens with one attached hydrogen (secondary N) is 4. The van der Waals surface area contributed by atoms with Gasteiger partial charge in [-0.15, -0.1) is 17.0 Å². The lowest BCUT2D eigenvalue weighted by Gasteiger charge is -2.15. The van der Waals surface area contributed by atoms with Crippen molar-refractivity contribution in [3.8, 4) is 0 Å². The Balaban J connectivity index is -0.000000529. The van der Waals surface area contributed by atoms with Gasteiger partial charge in [-0.1, -0.05) is 0 Å². The zero-order valence-electron chi connectivity index (χ0n) is 18.3. The molecule has 33 heavy (non-hydrogen) atoms. The number of amides is 4. The van der Waals surface area contributed by atoms with E-state index in [1.54, 1.807) is 0 Å². The second-order valence-electron chi connectivity index (χ2n) is 6.04. The lowest BCUT2D eigenvalue weighted by atomic mass is 10.2. The van der Waals surface area contributed by atoms with E-state index < -0.39 is 47.8 Å². The Labute approximate surface area is 200 Å². The summed E-state index contributed by atoms with van der Waals surface area (Å²) in [5.74, 6) is -2.00. The van der Waals surface area contributed by atoms with Gasteiger partial charge in [0.05, 0.1) is 12.1 Å². The lowest BCUT2D eigenvalue weighted by Crippen LogP contribution is -2.52. The average Bonchev–Trinajstić information content (AvgIpc) is 2.78. The molecule has 16 nitrogen and oxygen atoms in total. The molecule has 0 bridgehead atoms. The third-order valence-corrected chi connectivity index (χ3v) is 3.48. The van der Waals surface area contributed by atoms with Gasteiger partial charge >= 0.3 is 0 Å². The highest BCUT2D eigenvalue weighted by molar-refractivity contribution is 8.93. The molecule has 0 aliphatic heterocycles. The molecule has 0 rings (SSSR count). The molecule has 0 aromatic rings. The number of carbonyl (C=O) groups is 6. The molecule has 4 unspecified atom stereocenters. The van der Waals surface area contributed by atoms with E-state index in [2.05, 4.69) is 30.7 Å². The van der Waals surface area contributed by atoms with Crippen LogP contribution in [0, 0.1) is 0 Å². The fourth-order valence-electron chi connectivity index (χ4n) is 1.59. The van der Waals surface area contributed by atoms with E-state index in [1.807, 2.05) is 0 Å². The normalized spacial score (nSPS) is 13.0. The Bertz CT molecular complexity index is 575. The minimum atomic E-state index is -0.846. The Hall–Kier alpha value is -2.86. The van der Waals surface area contributed by atoms with E-state index in [0.29, 0.717) is 0 Å². The molecule has 0 saturated carbocycles. The van der Waals surface area contributed by atoms with Crippen LogP contribution in [-0.4, -0.2) is 87.3 Å². The van der Waals surface area contributed by atoms with E-state index in [1.165, 1.54) is 13.8 Å². The van der Waals surface area contributed by atoms with Gasteiger partial charge in [0.1, 0.15) is 12.1 Å². The fraction of sp³-hybridized carbons (Fsp3) is 0.625. The zero-order valence-corrected chi connectivity index (χ0v) is 20.0. The predicted molar refractivity (Wildman–Crippen MR) is 120 cm³/mol. The van der Waals surface area contributed by atoms with Gasteiger partial charge in [0, 0.05) is 13.1 Å². The molecule has 0 saturated heterocycles. The molecule has 17 heteroatoms. The predicted octanol–water partition coefficient (Wildman–Crippen LogP) is -5.37. The van der Waals surface area contributed by atoms with Crippen LogP contribution in [-0.2, 0) is 38.2 Å². The quantitative estimate of drug-likeness (QED) is 0.0577. The molecule has 0 fully saturated rings. The van der Waals surface area contributed by atoms with Crippen molar-refractivity contribution in [3.05, 3.63) is 0 Å². The molecular formula is C16H33BrN8O8. The lowest BCUT2D eigenvalue weighted by molar-refractivity contribution is -0.135. The van der Waals surface area contributed by atoms with E-state index in [0.717, 1.165) is 0 Å². The van der Waals surface area contributed by atoms with E-state index in [-0.39, 0.29) is 56.5 Å². The number of hydrogen-bond donors (Lipinski definition) is 8. The molecular weight excluding hydrogens is 512 g/mol. The number of hydrogen-bond acceptors (Lipinski definition) is 12. The summed E-state index contributed by atoms with van der Waals surface area (Å²) < 4.78 is 8.52. The fourth-order valence-corrected chi connectivity index (χ4v) is 1.59. The van der Waals surface area contributed by atoms with Crippen molar-refractivity contribution in [2.45, 2.75) is 38.0 Å². The molecule has 0 aliphatic rings. The number of halogens is 1. The summed E-state index contributed by atoms with van der Waals surface area (Å²) >= 11 is 0. The SMILES string of the molecule is Br.CC(NC(=O)C(N)CN)C(=O)NCOC=O.CC(NC(=O)C(N)CN)C(=O)NCOC=O. The summed E-state index contributed by atoms with van der Waals surface area (Å²) in [4.78, 5) is 64.6. The summed E-state index contributed by atoms with van der Waals surface area (Å²) in [6.45, 7) is 2.84. The van der Waals surface area contributed by atoms with Crippen molar-refractivity contribution in [2.24, 2.45) is 22.9 Å². The number of rotatable bonds is 14. The van der Waals surface area contributed by atoms with Crippen LogP contribution in [0.5, 0.6) is 0 Å². The van der Waals surface area contributed by atoms with Crippen LogP contribution in [0.15, 0.2) is 0 Å². The van der Waals surface area contributed by atoms with Crippen molar-refractivity contribution in [1.29, 1.82) is 0 Å². The third-order valence-electron chi connectivity index (χ3n) is 3.48. The van der Waals surface area contributed by atoms with Gasteiger partial charge in [-0.2, -0.15) is 0 Å². The largest absolute Gasteiger partial charge is 0.447 e. The van der Waals surface area contributed by atoms with E-state index >= 15 is 0 Å². The summed E-state index contributed by atoms with van der Waals surface area (Å²) in [7, 11) is 0. The van der Waals surface area contributed by atoms with Gasteiger partial charge < -0.3 is 53.7 Å². The van der Waals surface area contributed by atoms with Crippen LogP contribution >= 0.6 is 17.0 Å². The number of nitrogens with two attached hydrogens (primary N) is 4. The minimum Gasteiger partial charge on any atom is -0.447 e. The molecule has 4 amide bonds. The molecule has 0 aliphatic carbocycles. The van der Waals surface area contributed by atoms with Gasteiger partial charge in [-0.05, 0) is 13.8 Å². The van der Waals surface area contributed by atoms with Crippen LogP contribution in [0.3, 0.4) is 0 Å². The Kier molecular flexibility index (Phi) is 22.1. The molecule has 0 spiro atoms. The maximum absolute atomic E-state index is 11.3. The molecule has 192 valence electrons. The second-order valence-corrected chi connectivity index (χ2v) is 6.04. The Morgan fingerprint density at radius 3 is 1.27 bits per heavy atom. The third kappa shape index (κ3) is 17.4. The Morgan fingerprint density at radius 1 is 0.727 bits per heavy atom. The maximum Gasteiger partial charge on any atom is 0.294 e. The second kappa shape index (κ2) is 21.0. The van der Waals surface area contributed by atoms with Crippen molar-refractivity contribution in [1.82, 2.24) is 21.3 Å². The first-order chi connectivity index (χ1) is 15.0. The highest BCUT2D eigenvalue weighted by Crippen LogP contribution is 1.85. The summed E-state index contributed by atoms with van der Waals surface area (Å²) in [6, 6.07) is -3.25. The van der Waals surface area contributed by atoms with Gasteiger partial charge in [-0.3, -0.25) is 28.8 Å². The molecule has 4 atom stereocenters. The molecule has 0 radical (unpaired) electrons. The summed E-state index contributed by atoms with van der Waals surface area (Å²) in [6.07, 6.45) is 0. The molecule has 0 heterocycles. The number of carbonyl (C=O) groups excluding carboxylic acids is 6. The van der Waals surface area contributed by atoms with Crippen molar-refractivity contribution in [2.75, 3.05) is 26.6 Å². The van der Waals surface area contributed by atoms with Crippen molar-refractivity contribution in [3.63, 3.8) is 0 Å². The molecule has 12 N–H and O–H groups in total. The van der Waals surface area contributed by atoms with Crippen molar-refractivity contribution < 1.29 is 38.2 Å². The van der Waals surface area contributed by atoms with Gasteiger partial charge in [0.2, 0.25) is 23.6 Å². The molecule has 0 aromatic carbocycles. The summed E-state index contributed by atoms with van der Waals surface area (Å²) in [5.41, 5.74) is 21.0.